The largest absolute Gasteiger partial charge is 0.370 e. The van der Waals surface area contributed by atoms with Crippen LogP contribution in [0.2, 0.25) is 0 Å². The van der Waals surface area contributed by atoms with Gasteiger partial charge in [0.25, 0.3) is 0 Å². The van der Waals surface area contributed by atoms with Gasteiger partial charge in [-0.3, -0.25) is 10.1 Å². The lowest BCUT2D eigenvalue weighted by atomic mass is 10.3. The van der Waals surface area contributed by atoms with E-state index in [4.69, 9.17) is 5.26 Å². The topological polar surface area (TPSA) is 95.1 Å². The number of pyridine rings is 1. The zero-order valence-corrected chi connectivity index (χ0v) is 12.0. The lowest BCUT2D eigenvalue weighted by Gasteiger charge is -2.20. The summed E-state index contributed by atoms with van der Waals surface area (Å²) in [6.07, 6.45) is 0.926. The number of nitrogens with one attached hydrogen (secondary N) is 1. The molecule has 0 bridgehead atoms. The molecule has 0 aliphatic rings. The van der Waals surface area contributed by atoms with E-state index in [0.29, 0.717) is 18.4 Å². The van der Waals surface area contributed by atoms with Gasteiger partial charge in [0.15, 0.2) is 0 Å². The lowest BCUT2D eigenvalue weighted by Crippen LogP contribution is -2.28. The molecular formula is C13H19N5O2. The molecule has 0 aliphatic carbocycles. The maximum absolute atomic E-state index is 10.7. The quantitative estimate of drug-likeness (QED) is 0.465. The van der Waals surface area contributed by atoms with Crippen molar-refractivity contribution in [2.24, 2.45) is 0 Å². The van der Waals surface area contributed by atoms with E-state index < -0.39 is 4.92 Å². The minimum absolute atomic E-state index is 0.167. The van der Waals surface area contributed by atoms with E-state index >= 15 is 0 Å². The van der Waals surface area contributed by atoms with Gasteiger partial charge in [-0.2, -0.15) is 5.26 Å². The highest BCUT2D eigenvalue weighted by Gasteiger charge is 2.15. The van der Waals surface area contributed by atoms with E-state index in [1.807, 2.05) is 0 Å². The Morgan fingerprint density at radius 1 is 1.55 bits per heavy atom. The summed E-state index contributed by atoms with van der Waals surface area (Å²) in [6, 6.07) is 5.06. The van der Waals surface area contributed by atoms with Crippen molar-refractivity contribution in [1.82, 2.24) is 9.88 Å². The molecular weight excluding hydrogens is 258 g/mol. The molecule has 0 saturated carbocycles. The molecule has 7 heteroatoms. The number of nitriles is 1. The molecule has 1 rings (SSSR count). The first-order chi connectivity index (χ1) is 9.45. The highest BCUT2D eigenvalue weighted by atomic mass is 16.6. The maximum Gasteiger partial charge on any atom is 0.305 e. The lowest BCUT2D eigenvalue weighted by molar-refractivity contribution is -0.385. The van der Waals surface area contributed by atoms with Crippen molar-refractivity contribution in [2.75, 3.05) is 25.5 Å². The molecule has 0 amide bonds. The number of nitrogens with zero attached hydrogens (tertiary/aromatic N) is 4. The highest BCUT2D eigenvalue weighted by molar-refractivity contribution is 5.50. The molecule has 7 nitrogen and oxygen atoms in total. The van der Waals surface area contributed by atoms with Crippen LogP contribution in [0.3, 0.4) is 0 Å². The molecule has 0 fully saturated rings. The minimum Gasteiger partial charge on any atom is -0.370 e. The molecule has 1 heterocycles. The summed E-state index contributed by atoms with van der Waals surface area (Å²) >= 11 is 0. The molecule has 1 N–H and O–H groups in total. The molecule has 20 heavy (non-hydrogen) atoms. The zero-order valence-electron chi connectivity index (χ0n) is 12.0. The molecule has 0 saturated heterocycles. The van der Waals surface area contributed by atoms with Gasteiger partial charge in [-0.05, 0) is 39.9 Å². The van der Waals surface area contributed by atoms with Gasteiger partial charge in [0, 0.05) is 18.7 Å². The average Bonchev–Trinajstić information content (AvgIpc) is 2.42. The Balaban J connectivity index is 2.54. The Hall–Kier alpha value is -2.20. The van der Waals surface area contributed by atoms with Crippen molar-refractivity contribution in [3.8, 4) is 6.07 Å². The zero-order chi connectivity index (χ0) is 15.1. The summed E-state index contributed by atoms with van der Waals surface area (Å²) in [5.74, 6) is 0.486. The van der Waals surface area contributed by atoms with Crippen LogP contribution in [0.25, 0.3) is 0 Å². The van der Waals surface area contributed by atoms with Crippen LogP contribution in [0.5, 0.6) is 0 Å². The van der Waals surface area contributed by atoms with Gasteiger partial charge in [0.05, 0.1) is 4.92 Å². The SMILES string of the molecule is CC(C)N(C)CCCNc1ccc([N+](=O)[O-])c(C#N)n1. The Bertz CT molecular complexity index is 510. The van der Waals surface area contributed by atoms with Crippen molar-refractivity contribution in [3.63, 3.8) is 0 Å². The van der Waals surface area contributed by atoms with Gasteiger partial charge < -0.3 is 10.2 Å². The second-order valence-corrected chi connectivity index (χ2v) is 4.79. The fourth-order valence-electron chi connectivity index (χ4n) is 1.58. The summed E-state index contributed by atoms with van der Waals surface area (Å²) in [5, 5.41) is 22.6. The van der Waals surface area contributed by atoms with Crippen LogP contribution < -0.4 is 5.32 Å². The van der Waals surface area contributed by atoms with Gasteiger partial charge in [-0.25, -0.2) is 4.98 Å². The summed E-state index contributed by atoms with van der Waals surface area (Å²) in [5.41, 5.74) is -0.433. The molecule has 0 atom stereocenters. The van der Waals surface area contributed by atoms with Crippen molar-refractivity contribution in [3.05, 3.63) is 27.9 Å². The minimum atomic E-state index is -0.604. The third kappa shape index (κ3) is 4.48. The van der Waals surface area contributed by atoms with E-state index in [1.165, 1.54) is 12.1 Å². The number of hydrogen-bond acceptors (Lipinski definition) is 6. The molecule has 0 radical (unpaired) electrons. The van der Waals surface area contributed by atoms with Gasteiger partial charge in [0.1, 0.15) is 11.9 Å². The van der Waals surface area contributed by atoms with Crippen molar-refractivity contribution >= 4 is 11.5 Å². The van der Waals surface area contributed by atoms with Gasteiger partial charge in [0.2, 0.25) is 5.69 Å². The summed E-state index contributed by atoms with van der Waals surface area (Å²) in [6.45, 7) is 5.91. The monoisotopic (exact) mass is 277 g/mol. The van der Waals surface area contributed by atoms with Crippen molar-refractivity contribution in [2.45, 2.75) is 26.3 Å². The Labute approximate surface area is 118 Å². The maximum atomic E-state index is 10.7. The fraction of sp³-hybridized carbons (Fsp3) is 0.538. The third-order valence-corrected chi connectivity index (χ3v) is 3.05. The summed E-state index contributed by atoms with van der Waals surface area (Å²) in [4.78, 5) is 16.2. The molecule has 0 aromatic carbocycles. The second kappa shape index (κ2) is 7.40. The van der Waals surface area contributed by atoms with Crippen LogP contribution in [-0.2, 0) is 0 Å². The Morgan fingerprint density at radius 2 is 2.25 bits per heavy atom. The van der Waals surface area contributed by atoms with Crippen LogP contribution in [0, 0.1) is 21.4 Å². The van der Waals surface area contributed by atoms with E-state index in [1.54, 1.807) is 6.07 Å². The van der Waals surface area contributed by atoms with Crippen LogP contribution in [0.1, 0.15) is 26.0 Å². The Morgan fingerprint density at radius 3 is 2.80 bits per heavy atom. The Kier molecular flexibility index (Phi) is 5.87. The standard InChI is InChI=1S/C13H19N5O2/c1-10(2)17(3)8-4-7-15-13-6-5-12(18(19)20)11(9-14)16-13/h5-6,10H,4,7-8H2,1-3H3,(H,15,16). The first-order valence-corrected chi connectivity index (χ1v) is 6.45. The van der Waals surface area contributed by atoms with Crippen molar-refractivity contribution in [1.29, 1.82) is 5.26 Å². The van der Waals surface area contributed by atoms with Crippen LogP contribution >= 0.6 is 0 Å². The number of anilines is 1. The summed E-state index contributed by atoms with van der Waals surface area (Å²) in [7, 11) is 2.06. The fourth-order valence-corrected chi connectivity index (χ4v) is 1.58. The molecule has 1 aromatic heterocycles. The first-order valence-electron chi connectivity index (χ1n) is 6.45. The van der Waals surface area contributed by atoms with Crippen LogP contribution in [0.15, 0.2) is 12.1 Å². The third-order valence-electron chi connectivity index (χ3n) is 3.05. The number of hydrogen-bond donors (Lipinski definition) is 1. The van der Waals surface area contributed by atoms with E-state index in [0.717, 1.165) is 13.0 Å². The van der Waals surface area contributed by atoms with E-state index in [2.05, 4.69) is 36.1 Å². The first kappa shape index (κ1) is 15.9. The normalized spacial score (nSPS) is 10.6. The predicted molar refractivity (Wildman–Crippen MR) is 76.5 cm³/mol. The van der Waals surface area contributed by atoms with E-state index in [-0.39, 0.29) is 11.4 Å². The van der Waals surface area contributed by atoms with Crippen molar-refractivity contribution < 1.29 is 4.92 Å². The number of aromatic nitrogens is 1. The van der Waals surface area contributed by atoms with Gasteiger partial charge in [-0.15, -0.1) is 0 Å². The number of nitro groups is 1. The molecule has 0 unspecified atom stereocenters. The highest BCUT2D eigenvalue weighted by Crippen LogP contribution is 2.17. The average molecular weight is 277 g/mol. The molecule has 1 aromatic rings. The second-order valence-electron chi connectivity index (χ2n) is 4.79. The number of rotatable bonds is 7. The molecule has 0 aliphatic heterocycles. The van der Waals surface area contributed by atoms with Crippen LogP contribution in [-0.4, -0.2) is 41.0 Å². The van der Waals surface area contributed by atoms with Gasteiger partial charge in [-0.1, -0.05) is 0 Å². The summed E-state index contributed by atoms with van der Waals surface area (Å²) < 4.78 is 0. The van der Waals surface area contributed by atoms with E-state index in [9.17, 15) is 10.1 Å². The molecule has 108 valence electrons. The predicted octanol–water partition coefficient (Wildman–Crippen LogP) is 2.00. The smallest absolute Gasteiger partial charge is 0.305 e. The van der Waals surface area contributed by atoms with Gasteiger partial charge >= 0.3 is 5.69 Å². The molecule has 0 spiro atoms. The van der Waals surface area contributed by atoms with Crippen LogP contribution in [0.4, 0.5) is 11.5 Å².